The summed E-state index contributed by atoms with van der Waals surface area (Å²) >= 11 is 0. The van der Waals surface area contributed by atoms with E-state index >= 15 is 0 Å². The summed E-state index contributed by atoms with van der Waals surface area (Å²) in [5.74, 6) is 1.64. The topological polar surface area (TPSA) is 29.9 Å². The van der Waals surface area contributed by atoms with Crippen LogP contribution in [0.5, 0.6) is 0 Å². The Balaban J connectivity index is 2.26. The number of aromatic nitrogens is 2. The van der Waals surface area contributed by atoms with E-state index in [1.807, 2.05) is 0 Å². The highest BCUT2D eigenvalue weighted by Crippen LogP contribution is 2.40. The molecule has 3 nitrogen and oxygen atoms in total. The molecule has 0 radical (unpaired) electrons. The zero-order chi connectivity index (χ0) is 13.8. The van der Waals surface area contributed by atoms with Crippen LogP contribution in [-0.2, 0) is 6.54 Å². The molecule has 3 unspecified atom stereocenters. The minimum Gasteiger partial charge on any atom is -0.311 e. The molecule has 108 valence electrons. The molecule has 1 fully saturated rings. The molecule has 0 spiro atoms. The van der Waals surface area contributed by atoms with Crippen LogP contribution in [0.1, 0.15) is 63.4 Å². The maximum absolute atomic E-state index is 4.62. The highest BCUT2D eigenvalue weighted by atomic mass is 15.3. The van der Waals surface area contributed by atoms with E-state index in [1.165, 1.54) is 37.8 Å². The highest BCUT2D eigenvalue weighted by molar-refractivity contribution is 5.15. The zero-order valence-electron chi connectivity index (χ0n) is 12.9. The second-order valence-electron chi connectivity index (χ2n) is 5.91. The molecule has 0 aromatic carbocycles. The van der Waals surface area contributed by atoms with Crippen molar-refractivity contribution >= 4 is 0 Å². The van der Waals surface area contributed by atoms with Gasteiger partial charge in [0.05, 0.1) is 17.4 Å². The molecule has 2 rings (SSSR count). The number of rotatable bonds is 5. The molecule has 1 aromatic heterocycles. The predicted molar refractivity (Wildman–Crippen MR) is 80.2 cm³/mol. The number of nitrogens with one attached hydrogen (secondary N) is 1. The van der Waals surface area contributed by atoms with Gasteiger partial charge < -0.3 is 5.32 Å². The molecule has 0 bridgehead atoms. The lowest BCUT2D eigenvalue weighted by molar-refractivity contribution is 0.175. The van der Waals surface area contributed by atoms with Crippen molar-refractivity contribution in [2.45, 2.75) is 65.5 Å². The van der Waals surface area contributed by atoms with Crippen molar-refractivity contribution < 1.29 is 0 Å². The largest absolute Gasteiger partial charge is 0.311 e. The normalized spacial score (nSPS) is 25.5. The second kappa shape index (κ2) is 6.56. The van der Waals surface area contributed by atoms with Gasteiger partial charge in [-0.15, -0.1) is 0 Å². The van der Waals surface area contributed by atoms with Crippen LogP contribution in [0.3, 0.4) is 0 Å². The van der Waals surface area contributed by atoms with Crippen molar-refractivity contribution in [1.29, 1.82) is 0 Å². The Morgan fingerprint density at radius 3 is 2.74 bits per heavy atom. The highest BCUT2D eigenvalue weighted by Gasteiger charge is 2.32. The van der Waals surface area contributed by atoms with Gasteiger partial charge in [-0.05, 0) is 45.2 Å². The first-order chi connectivity index (χ1) is 9.21. The van der Waals surface area contributed by atoms with E-state index in [0.717, 1.165) is 24.1 Å². The molecule has 1 aliphatic carbocycles. The van der Waals surface area contributed by atoms with Crippen LogP contribution < -0.4 is 5.32 Å². The lowest BCUT2D eigenvalue weighted by atomic mass is 9.73. The third kappa shape index (κ3) is 3.02. The van der Waals surface area contributed by atoms with Gasteiger partial charge in [-0.2, -0.15) is 5.10 Å². The van der Waals surface area contributed by atoms with Crippen molar-refractivity contribution in [1.82, 2.24) is 15.1 Å². The molecule has 1 saturated carbocycles. The van der Waals surface area contributed by atoms with Gasteiger partial charge in [0, 0.05) is 6.54 Å². The van der Waals surface area contributed by atoms with E-state index < -0.39 is 0 Å². The summed E-state index contributed by atoms with van der Waals surface area (Å²) in [6, 6.07) is 2.73. The Bertz CT molecular complexity index is 397. The molecule has 0 amide bonds. The van der Waals surface area contributed by atoms with E-state index in [4.69, 9.17) is 0 Å². The Kier molecular flexibility index (Phi) is 5.03. The van der Waals surface area contributed by atoms with Gasteiger partial charge in [0.2, 0.25) is 0 Å². The van der Waals surface area contributed by atoms with Gasteiger partial charge in [-0.25, -0.2) is 0 Å². The fourth-order valence-electron chi connectivity index (χ4n) is 3.83. The van der Waals surface area contributed by atoms with E-state index in [1.54, 1.807) is 0 Å². The number of aryl methyl sites for hydroxylation is 2. The first-order valence-electron chi connectivity index (χ1n) is 7.92. The van der Waals surface area contributed by atoms with Crippen LogP contribution in [0.4, 0.5) is 0 Å². The molecule has 3 heteroatoms. The van der Waals surface area contributed by atoms with Gasteiger partial charge in [0.25, 0.3) is 0 Å². The Morgan fingerprint density at radius 1 is 1.37 bits per heavy atom. The summed E-state index contributed by atoms with van der Waals surface area (Å²) < 4.78 is 2.18. The third-order valence-electron chi connectivity index (χ3n) is 4.78. The minimum atomic E-state index is 0.464. The molecule has 1 N–H and O–H groups in total. The number of hydrogen-bond donors (Lipinski definition) is 1. The first-order valence-corrected chi connectivity index (χ1v) is 7.92. The van der Waals surface area contributed by atoms with Crippen molar-refractivity contribution in [3.8, 4) is 0 Å². The summed E-state index contributed by atoms with van der Waals surface area (Å²) in [5.41, 5.74) is 2.52. The van der Waals surface area contributed by atoms with Gasteiger partial charge in [0.15, 0.2) is 0 Å². The third-order valence-corrected chi connectivity index (χ3v) is 4.78. The summed E-state index contributed by atoms with van der Waals surface area (Å²) in [6.07, 6.45) is 6.87. The number of nitrogens with zero attached hydrogens (tertiary/aromatic N) is 2. The molecule has 1 aliphatic rings. The van der Waals surface area contributed by atoms with Gasteiger partial charge in [0.1, 0.15) is 0 Å². The predicted octanol–water partition coefficient (Wildman–Crippen LogP) is 3.69. The number of hydrogen-bond acceptors (Lipinski definition) is 2. The monoisotopic (exact) mass is 263 g/mol. The van der Waals surface area contributed by atoms with Crippen molar-refractivity contribution in [2.75, 3.05) is 7.05 Å². The molecular formula is C16H29N3. The fourth-order valence-corrected chi connectivity index (χ4v) is 3.83. The molecule has 1 heterocycles. The Labute approximate surface area is 117 Å². The molecule has 1 aromatic rings. The molecule has 3 atom stereocenters. The van der Waals surface area contributed by atoms with Gasteiger partial charge >= 0.3 is 0 Å². The van der Waals surface area contributed by atoms with E-state index in [9.17, 15) is 0 Å². The van der Waals surface area contributed by atoms with Crippen LogP contribution in [0.25, 0.3) is 0 Å². The summed E-state index contributed by atoms with van der Waals surface area (Å²) in [5, 5.41) is 8.20. The quantitative estimate of drug-likeness (QED) is 0.878. The molecule has 19 heavy (non-hydrogen) atoms. The first kappa shape index (κ1) is 14.6. The van der Waals surface area contributed by atoms with Crippen LogP contribution in [0, 0.1) is 18.8 Å². The SMILES string of the molecule is CCC1CCCCC1C(NC)c1cc(C)nn1CC. The van der Waals surface area contributed by atoms with Crippen molar-refractivity contribution in [3.05, 3.63) is 17.5 Å². The van der Waals surface area contributed by atoms with Crippen LogP contribution in [0.2, 0.25) is 0 Å². The molecular weight excluding hydrogens is 234 g/mol. The lowest BCUT2D eigenvalue weighted by Gasteiger charge is -2.37. The van der Waals surface area contributed by atoms with E-state index in [-0.39, 0.29) is 0 Å². The van der Waals surface area contributed by atoms with Crippen LogP contribution in [-0.4, -0.2) is 16.8 Å². The molecule has 0 aliphatic heterocycles. The van der Waals surface area contributed by atoms with Crippen LogP contribution in [0.15, 0.2) is 6.07 Å². The fraction of sp³-hybridized carbons (Fsp3) is 0.812. The smallest absolute Gasteiger partial charge is 0.0597 e. The average molecular weight is 263 g/mol. The van der Waals surface area contributed by atoms with E-state index in [0.29, 0.717) is 6.04 Å². The lowest BCUT2D eigenvalue weighted by Crippen LogP contribution is -2.34. The Hall–Kier alpha value is -0.830. The second-order valence-corrected chi connectivity index (χ2v) is 5.91. The van der Waals surface area contributed by atoms with E-state index in [2.05, 4.69) is 49.0 Å². The zero-order valence-corrected chi connectivity index (χ0v) is 12.9. The summed E-state index contributed by atoms with van der Waals surface area (Å²) in [4.78, 5) is 0. The average Bonchev–Trinajstić information content (AvgIpc) is 2.81. The maximum atomic E-state index is 4.62. The van der Waals surface area contributed by atoms with Crippen LogP contribution >= 0.6 is 0 Å². The maximum Gasteiger partial charge on any atom is 0.0597 e. The van der Waals surface area contributed by atoms with Gasteiger partial charge in [-0.1, -0.05) is 32.6 Å². The van der Waals surface area contributed by atoms with Crippen molar-refractivity contribution in [3.63, 3.8) is 0 Å². The summed E-state index contributed by atoms with van der Waals surface area (Å²) in [7, 11) is 2.11. The minimum absolute atomic E-state index is 0.464. The standard InChI is InChI=1S/C16H29N3/c1-5-13-9-7-8-10-14(13)16(17-4)15-11-12(3)18-19(15)6-2/h11,13-14,16-17H,5-10H2,1-4H3. The van der Waals surface area contributed by atoms with Crippen molar-refractivity contribution in [2.24, 2.45) is 11.8 Å². The summed E-state index contributed by atoms with van der Waals surface area (Å²) in [6.45, 7) is 7.59. The van der Waals surface area contributed by atoms with Gasteiger partial charge in [-0.3, -0.25) is 4.68 Å². The molecule has 0 saturated heterocycles. The Morgan fingerprint density at radius 2 is 2.11 bits per heavy atom.